The van der Waals surface area contributed by atoms with Crippen LogP contribution in [0.15, 0.2) is 12.1 Å². The van der Waals surface area contributed by atoms with Crippen LogP contribution in [0, 0.1) is 5.92 Å². The molecule has 0 amide bonds. The quantitative estimate of drug-likeness (QED) is 0.862. The predicted molar refractivity (Wildman–Crippen MR) is 85.4 cm³/mol. The highest BCUT2D eigenvalue weighted by molar-refractivity contribution is 5.75. The topological polar surface area (TPSA) is 50.8 Å². The molecule has 1 N–H and O–H groups in total. The summed E-state index contributed by atoms with van der Waals surface area (Å²) in [5.41, 5.74) is 3.88. The van der Waals surface area contributed by atoms with Crippen molar-refractivity contribution in [3.63, 3.8) is 0 Å². The highest BCUT2D eigenvalue weighted by Gasteiger charge is 2.30. The monoisotopic (exact) mass is 304 g/mol. The van der Waals surface area contributed by atoms with Crippen molar-refractivity contribution in [3.05, 3.63) is 23.3 Å². The number of fused-ring (bicyclic) bond motifs is 1. The fraction of sp³-hybridized carbons (Fsp3) is 0.588. The van der Waals surface area contributed by atoms with E-state index in [4.69, 9.17) is 9.47 Å². The first kappa shape index (κ1) is 15.2. The molecule has 5 heteroatoms. The summed E-state index contributed by atoms with van der Waals surface area (Å²) < 4.78 is 10.5. The molecule has 3 rings (SSSR count). The van der Waals surface area contributed by atoms with Crippen LogP contribution >= 0.6 is 0 Å². The number of esters is 1. The average molecular weight is 304 g/mol. The van der Waals surface area contributed by atoms with Gasteiger partial charge in [-0.1, -0.05) is 6.07 Å². The Morgan fingerprint density at radius 1 is 1.36 bits per heavy atom. The number of benzene rings is 1. The molecule has 0 bridgehead atoms. The van der Waals surface area contributed by atoms with Crippen LogP contribution in [-0.4, -0.2) is 39.8 Å². The summed E-state index contributed by atoms with van der Waals surface area (Å²) in [4.78, 5) is 14.2. The van der Waals surface area contributed by atoms with Gasteiger partial charge in [-0.05, 0) is 43.0 Å². The highest BCUT2D eigenvalue weighted by Crippen LogP contribution is 2.38. The van der Waals surface area contributed by atoms with E-state index < -0.39 is 0 Å². The van der Waals surface area contributed by atoms with Crippen LogP contribution in [0.5, 0.6) is 5.75 Å². The largest absolute Gasteiger partial charge is 0.495 e. The summed E-state index contributed by atoms with van der Waals surface area (Å²) in [6.45, 7) is 3.57. The van der Waals surface area contributed by atoms with E-state index in [-0.39, 0.29) is 11.9 Å². The molecule has 0 spiro atoms. The maximum Gasteiger partial charge on any atom is 0.310 e. The number of nitrogens with one attached hydrogen (secondary N) is 1. The second-order valence-electron chi connectivity index (χ2n) is 5.99. The number of methoxy groups -OCH3 is 2. The molecule has 1 aromatic rings. The molecule has 1 aromatic carbocycles. The zero-order valence-corrected chi connectivity index (χ0v) is 13.4. The maximum absolute atomic E-state index is 11.9. The van der Waals surface area contributed by atoms with Gasteiger partial charge in [0.2, 0.25) is 0 Å². The summed E-state index contributed by atoms with van der Waals surface area (Å²) >= 11 is 0. The number of rotatable bonds is 3. The molecule has 2 aliphatic rings. The van der Waals surface area contributed by atoms with E-state index in [1.807, 2.05) is 6.07 Å². The molecule has 1 atom stereocenters. The van der Waals surface area contributed by atoms with Crippen LogP contribution in [0.25, 0.3) is 0 Å². The number of anilines is 1. The summed E-state index contributed by atoms with van der Waals surface area (Å²) in [5, 5.41) is 3.41. The molecule has 0 aromatic heterocycles. The minimum absolute atomic E-state index is 0.0407. The Labute approximate surface area is 131 Å². The third-order valence-electron chi connectivity index (χ3n) is 4.70. The minimum Gasteiger partial charge on any atom is -0.495 e. The Balaban J connectivity index is 1.94. The SMILES string of the molecule is COC(=O)C1CCCN(c2c(OC)ccc3c2CCNC3)C1. The molecule has 1 saturated heterocycles. The lowest BCUT2D eigenvalue weighted by Gasteiger charge is -2.36. The van der Waals surface area contributed by atoms with E-state index in [0.717, 1.165) is 44.6 Å². The molecular weight excluding hydrogens is 280 g/mol. The van der Waals surface area contributed by atoms with Gasteiger partial charge in [0, 0.05) is 19.6 Å². The normalized spacial score (nSPS) is 21.2. The first-order valence-electron chi connectivity index (χ1n) is 7.97. The smallest absolute Gasteiger partial charge is 0.310 e. The Morgan fingerprint density at radius 2 is 2.23 bits per heavy atom. The van der Waals surface area contributed by atoms with Crippen LogP contribution in [0.4, 0.5) is 5.69 Å². The lowest BCUT2D eigenvalue weighted by atomic mass is 9.93. The third-order valence-corrected chi connectivity index (χ3v) is 4.70. The minimum atomic E-state index is -0.102. The first-order valence-corrected chi connectivity index (χ1v) is 7.97. The van der Waals surface area contributed by atoms with Crippen molar-refractivity contribution < 1.29 is 14.3 Å². The van der Waals surface area contributed by atoms with Crippen LogP contribution in [-0.2, 0) is 22.5 Å². The van der Waals surface area contributed by atoms with Gasteiger partial charge in [-0.2, -0.15) is 0 Å². The van der Waals surface area contributed by atoms with Crippen molar-refractivity contribution in [1.82, 2.24) is 5.32 Å². The van der Waals surface area contributed by atoms with Crippen molar-refractivity contribution in [2.75, 3.05) is 38.8 Å². The van der Waals surface area contributed by atoms with Crippen LogP contribution in [0.1, 0.15) is 24.0 Å². The van der Waals surface area contributed by atoms with E-state index in [1.165, 1.54) is 23.9 Å². The van der Waals surface area contributed by atoms with Crippen LogP contribution in [0.3, 0.4) is 0 Å². The molecule has 0 saturated carbocycles. The highest BCUT2D eigenvalue weighted by atomic mass is 16.5. The lowest BCUT2D eigenvalue weighted by molar-refractivity contribution is -0.145. The molecule has 120 valence electrons. The zero-order chi connectivity index (χ0) is 15.5. The van der Waals surface area contributed by atoms with Crippen LogP contribution < -0.4 is 15.0 Å². The fourth-order valence-corrected chi connectivity index (χ4v) is 3.59. The van der Waals surface area contributed by atoms with E-state index in [9.17, 15) is 4.79 Å². The van der Waals surface area contributed by atoms with Gasteiger partial charge in [0.25, 0.3) is 0 Å². The number of hydrogen-bond donors (Lipinski definition) is 1. The van der Waals surface area contributed by atoms with Gasteiger partial charge in [0.15, 0.2) is 0 Å². The molecular formula is C17H24N2O3. The van der Waals surface area contributed by atoms with Crippen molar-refractivity contribution in [3.8, 4) is 5.75 Å². The van der Waals surface area contributed by atoms with Gasteiger partial charge in [-0.15, -0.1) is 0 Å². The van der Waals surface area contributed by atoms with Gasteiger partial charge >= 0.3 is 5.97 Å². The molecule has 0 aliphatic carbocycles. The molecule has 2 aliphatic heterocycles. The average Bonchev–Trinajstić information content (AvgIpc) is 2.60. The molecule has 0 radical (unpaired) electrons. The zero-order valence-electron chi connectivity index (χ0n) is 13.4. The third kappa shape index (κ3) is 2.77. The van der Waals surface area contributed by atoms with Gasteiger partial charge in [0.1, 0.15) is 5.75 Å². The van der Waals surface area contributed by atoms with E-state index in [2.05, 4.69) is 16.3 Å². The van der Waals surface area contributed by atoms with Gasteiger partial charge in [-0.3, -0.25) is 4.79 Å². The van der Waals surface area contributed by atoms with Crippen molar-refractivity contribution in [1.29, 1.82) is 0 Å². The number of hydrogen-bond acceptors (Lipinski definition) is 5. The Hall–Kier alpha value is -1.75. The van der Waals surface area contributed by atoms with Gasteiger partial charge < -0.3 is 19.7 Å². The lowest BCUT2D eigenvalue weighted by Crippen LogP contribution is -2.40. The maximum atomic E-state index is 11.9. The van der Waals surface area contributed by atoms with Gasteiger partial charge in [0.05, 0.1) is 25.8 Å². The number of nitrogens with zero attached hydrogens (tertiary/aromatic N) is 1. The molecule has 1 unspecified atom stereocenters. The number of ether oxygens (including phenoxy) is 2. The first-order chi connectivity index (χ1) is 10.7. The Bertz CT molecular complexity index is 559. The molecule has 1 fully saturated rings. The molecule has 5 nitrogen and oxygen atoms in total. The standard InChI is InChI=1S/C17H24N2O3/c1-21-15-6-5-12-10-18-8-7-14(12)16(15)19-9-3-4-13(11-19)17(20)22-2/h5-6,13,18H,3-4,7-11H2,1-2H3. The van der Waals surface area contributed by atoms with E-state index in [0.29, 0.717) is 6.54 Å². The summed E-state index contributed by atoms with van der Waals surface area (Å²) in [6.07, 6.45) is 2.91. The van der Waals surface area contributed by atoms with Crippen molar-refractivity contribution in [2.45, 2.75) is 25.8 Å². The number of carbonyl (C=O) groups is 1. The fourth-order valence-electron chi connectivity index (χ4n) is 3.59. The second kappa shape index (κ2) is 6.57. The Kier molecular flexibility index (Phi) is 4.52. The molecule has 2 heterocycles. The summed E-state index contributed by atoms with van der Waals surface area (Å²) in [6, 6.07) is 4.19. The van der Waals surface area contributed by atoms with Crippen molar-refractivity contribution >= 4 is 11.7 Å². The van der Waals surface area contributed by atoms with Gasteiger partial charge in [-0.25, -0.2) is 0 Å². The summed E-state index contributed by atoms with van der Waals surface area (Å²) in [5.74, 6) is 0.766. The van der Waals surface area contributed by atoms with E-state index >= 15 is 0 Å². The summed E-state index contributed by atoms with van der Waals surface area (Å²) in [7, 11) is 3.19. The van der Waals surface area contributed by atoms with E-state index in [1.54, 1.807) is 7.11 Å². The number of carbonyl (C=O) groups excluding carboxylic acids is 1. The van der Waals surface area contributed by atoms with Crippen LogP contribution in [0.2, 0.25) is 0 Å². The Morgan fingerprint density at radius 3 is 3.00 bits per heavy atom. The van der Waals surface area contributed by atoms with Crippen molar-refractivity contribution in [2.24, 2.45) is 5.92 Å². The molecule has 22 heavy (non-hydrogen) atoms. The second-order valence-corrected chi connectivity index (χ2v) is 5.99. The number of piperidine rings is 1. The predicted octanol–water partition coefficient (Wildman–Crippen LogP) is 1.73.